The van der Waals surface area contributed by atoms with Crippen LogP contribution in [0.2, 0.25) is 0 Å². The van der Waals surface area contributed by atoms with Crippen molar-refractivity contribution in [1.29, 1.82) is 0 Å². The van der Waals surface area contributed by atoms with Gasteiger partial charge in [-0.1, -0.05) is 25.1 Å². The van der Waals surface area contributed by atoms with E-state index in [0.717, 1.165) is 23.3 Å². The third kappa shape index (κ3) is 3.50. The van der Waals surface area contributed by atoms with Gasteiger partial charge in [-0.25, -0.2) is 0 Å². The van der Waals surface area contributed by atoms with Gasteiger partial charge in [0.2, 0.25) is 0 Å². The average molecular weight is 317 g/mol. The van der Waals surface area contributed by atoms with Gasteiger partial charge >= 0.3 is 0 Å². The van der Waals surface area contributed by atoms with E-state index in [1.165, 1.54) is 25.0 Å². The lowest BCUT2D eigenvalue weighted by molar-refractivity contribution is 0.230. The molecule has 0 spiro atoms. The van der Waals surface area contributed by atoms with Crippen LogP contribution >= 0.6 is 11.8 Å². The molecule has 1 heterocycles. The highest BCUT2D eigenvalue weighted by atomic mass is 32.2. The number of nitrogens with zero attached hydrogens (tertiary/aromatic N) is 5. The normalized spacial score (nSPS) is 21.6. The quantitative estimate of drug-likeness (QED) is 0.820. The minimum absolute atomic E-state index is 0.643. The third-order valence-corrected chi connectivity index (χ3v) is 5.54. The number of tetrazole rings is 1. The molecule has 1 saturated carbocycles. The van der Waals surface area contributed by atoms with E-state index < -0.39 is 0 Å². The Morgan fingerprint density at radius 3 is 2.86 bits per heavy atom. The number of benzene rings is 1. The van der Waals surface area contributed by atoms with Crippen molar-refractivity contribution < 1.29 is 0 Å². The Bertz CT molecular complexity index is 585. The van der Waals surface area contributed by atoms with Gasteiger partial charge in [-0.2, -0.15) is 16.4 Å². The van der Waals surface area contributed by atoms with Crippen LogP contribution in [0.4, 0.5) is 0 Å². The standard InChI is InChI=1S/C16H23N5S/c1-3-22-15-10-9-14(11-15)20(2)12-16-17-18-19-21(16)13-7-5-4-6-8-13/h4-8,14-15H,3,9-12H2,1-2H3/t14-,15+/m0/s1. The van der Waals surface area contributed by atoms with Gasteiger partial charge in [0, 0.05) is 11.3 Å². The smallest absolute Gasteiger partial charge is 0.170 e. The lowest BCUT2D eigenvalue weighted by atomic mass is 10.2. The van der Waals surface area contributed by atoms with Gasteiger partial charge in [0.15, 0.2) is 5.82 Å². The monoisotopic (exact) mass is 317 g/mol. The zero-order valence-corrected chi connectivity index (χ0v) is 14.0. The minimum Gasteiger partial charge on any atom is -0.296 e. The summed E-state index contributed by atoms with van der Waals surface area (Å²) in [5.74, 6) is 2.12. The van der Waals surface area contributed by atoms with Gasteiger partial charge in [-0.15, -0.1) is 5.10 Å². The SMILES string of the molecule is CCS[C@@H]1CC[C@H](N(C)Cc2nnnn2-c2ccccc2)C1. The van der Waals surface area contributed by atoms with Crippen LogP contribution in [-0.4, -0.2) is 49.2 Å². The lowest BCUT2D eigenvalue weighted by Gasteiger charge is -2.23. The molecule has 1 aromatic heterocycles. The van der Waals surface area contributed by atoms with Crippen molar-refractivity contribution in [2.75, 3.05) is 12.8 Å². The molecule has 5 nitrogen and oxygen atoms in total. The van der Waals surface area contributed by atoms with Crippen molar-refractivity contribution in [2.24, 2.45) is 0 Å². The average Bonchev–Trinajstić information content (AvgIpc) is 3.18. The van der Waals surface area contributed by atoms with E-state index in [1.54, 1.807) is 0 Å². The molecule has 1 fully saturated rings. The fourth-order valence-corrected chi connectivity index (χ4v) is 4.26. The predicted octanol–water partition coefficient (Wildman–Crippen LogP) is 2.77. The molecule has 6 heteroatoms. The molecule has 0 bridgehead atoms. The molecule has 1 aliphatic carbocycles. The molecule has 0 amide bonds. The zero-order valence-electron chi connectivity index (χ0n) is 13.2. The van der Waals surface area contributed by atoms with Gasteiger partial charge in [-0.05, 0) is 54.6 Å². The van der Waals surface area contributed by atoms with Crippen molar-refractivity contribution in [3.05, 3.63) is 36.2 Å². The van der Waals surface area contributed by atoms with E-state index in [9.17, 15) is 0 Å². The third-order valence-electron chi connectivity index (χ3n) is 4.31. The van der Waals surface area contributed by atoms with E-state index in [1.807, 2.05) is 35.0 Å². The summed E-state index contributed by atoms with van der Waals surface area (Å²) < 4.78 is 1.84. The number of hydrogen-bond acceptors (Lipinski definition) is 5. The number of rotatable bonds is 6. The predicted molar refractivity (Wildman–Crippen MR) is 90.2 cm³/mol. The van der Waals surface area contributed by atoms with Crippen LogP contribution in [-0.2, 0) is 6.54 Å². The summed E-state index contributed by atoms with van der Waals surface area (Å²) in [6, 6.07) is 10.7. The maximum atomic E-state index is 4.21. The molecule has 1 aliphatic rings. The van der Waals surface area contributed by atoms with E-state index in [4.69, 9.17) is 0 Å². The van der Waals surface area contributed by atoms with Crippen LogP contribution < -0.4 is 0 Å². The summed E-state index contributed by atoms with van der Waals surface area (Å²) in [6.07, 6.45) is 3.89. The Morgan fingerprint density at radius 2 is 2.09 bits per heavy atom. The second-order valence-corrected chi connectivity index (χ2v) is 7.38. The summed E-state index contributed by atoms with van der Waals surface area (Å²) in [5.41, 5.74) is 1.02. The highest BCUT2D eigenvalue weighted by Crippen LogP contribution is 2.32. The molecule has 0 radical (unpaired) electrons. The zero-order chi connectivity index (χ0) is 15.4. The number of hydrogen-bond donors (Lipinski definition) is 0. The first-order valence-corrected chi connectivity index (χ1v) is 8.97. The first kappa shape index (κ1) is 15.5. The largest absolute Gasteiger partial charge is 0.296 e. The summed E-state index contributed by atoms with van der Waals surface area (Å²) in [4.78, 5) is 2.40. The molecule has 0 aliphatic heterocycles. The fourth-order valence-electron chi connectivity index (χ4n) is 3.13. The van der Waals surface area contributed by atoms with Crippen molar-refractivity contribution in [2.45, 2.75) is 44.0 Å². The molecule has 0 N–H and O–H groups in total. The highest BCUT2D eigenvalue weighted by molar-refractivity contribution is 7.99. The van der Waals surface area contributed by atoms with E-state index in [2.05, 4.69) is 46.2 Å². The first-order chi connectivity index (χ1) is 10.8. The lowest BCUT2D eigenvalue weighted by Crippen LogP contribution is -2.30. The maximum absolute atomic E-state index is 4.21. The minimum atomic E-state index is 0.643. The Labute approximate surface area is 136 Å². The highest BCUT2D eigenvalue weighted by Gasteiger charge is 2.28. The summed E-state index contributed by atoms with van der Waals surface area (Å²) in [5, 5.41) is 13.0. The van der Waals surface area contributed by atoms with Crippen LogP contribution in [0.15, 0.2) is 30.3 Å². The molecular formula is C16H23N5S. The molecule has 1 aromatic carbocycles. The number of para-hydroxylation sites is 1. The molecule has 118 valence electrons. The van der Waals surface area contributed by atoms with Crippen LogP contribution in [0.25, 0.3) is 5.69 Å². The van der Waals surface area contributed by atoms with Crippen molar-refractivity contribution in [3.63, 3.8) is 0 Å². The summed E-state index contributed by atoms with van der Waals surface area (Å²) in [7, 11) is 2.19. The molecule has 2 atom stereocenters. The molecule has 3 rings (SSSR count). The van der Waals surface area contributed by atoms with Gasteiger partial charge in [0.25, 0.3) is 0 Å². The molecule has 22 heavy (non-hydrogen) atoms. The summed E-state index contributed by atoms with van der Waals surface area (Å²) >= 11 is 2.10. The second kappa shape index (κ2) is 7.24. The van der Waals surface area contributed by atoms with Crippen LogP contribution in [0.1, 0.15) is 32.0 Å². The topological polar surface area (TPSA) is 46.8 Å². The van der Waals surface area contributed by atoms with Crippen molar-refractivity contribution >= 4 is 11.8 Å². The van der Waals surface area contributed by atoms with Crippen LogP contribution in [0.3, 0.4) is 0 Å². The van der Waals surface area contributed by atoms with Gasteiger partial charge in [0.05, 0.1) is 12.2 Å². The Hall–Kier alpha value is -1.40. The van der Waals surface area contributed by atoms with Crippen molar-refractivity contribution in [3.8, 4) is 5.69 Å². The first-order valence-electron chi connectivity index (χ1n) is 7.92. The number of aromatic nitrogens is 4. The van der Waals surface area contributed by atoms with E-state index in [0.29, 0.717) is 6.04 Å². The van der Waals surface area contributed by atoms with Gasteiger partial charge in [0.1, 0.15) is 0 Å². The van der Waals surface area contributed by atoms with Crippen LogP contribution in [0, 0.1) is 0 Å². The summed E-state index contributed by atoms with van der Waals surface area (Å²) in [6.45, 7) is 3.03. The van der Waals surface area contributed by atoms with E-state index >= 15 is 0 Å². The van der Waals surface area contributed by atoms with Gasteiger partial charge < -0.3 is 0 Å². The molecule has 2 aromatic rings. The Kier molecular flexibility index (Phi) is 5.10. The van der Waals surface area contributed by atoms with Gasteiger partial charge in [-0.3, -0.25) is 4.90 Å². The fraction of sp³-hybridized carbons (Fsp3) is 0.562. The molecular weight excluding hydrogens is 294 g/mol. The number of thioether (sulfide) groups is 1. The Balaban J connectivity index is 1.66. The Morgan fingerprint density at radius 1 is 1.27 bits per heavy atom. The second-order valence-electron chi connectivity index (χ2n) is 5.80. The molecule has 0 saturated heterocycles. The van der Waals surface area contributed by atoms with E-state index in [-0.39, 0.29) is 0 Å². The molecule has 0 unspecified atom stereocenters. The maximum Gasteiger partial charge on any atom is 0.170 e. The van der Waals surface area contributed by atoms with Crippen LogP contribution in [0.5, 0.6) is 0 Å². The van der Waals surface area contributed by atoms with Crippen molar-refractivity contribution in [1.82, 2.24) is 25.1 Å².